The zero-order chi connectivity index (χ0) is 20.9. The number of carbonyl (C=O) groups excluding carboxylic acids is 3. The number of nitrogens with one attached hydrogen (secondary N) is 1. The quantitative estimate of drug-likeness (QED) is 0.783. The van der Waals surface area contributed by atoms with Crippen molar-refractivity contribution in [3.8, 4) is 0 Å². The van der Waals surface area contributed by atoms with E-state index in [0.717, 1.165) is 23.3 Å². The topological polar surface area (TPSA) is 101 Å². The minimum absolute atomic E-state index is 0.0394. The van der Waals surface area contributed by atoms with Crippen LogP contribution in [0.25, 0.3) is 10.9 Å². The Kier molecular flexibility index (Phi) is 4.52. The maximum Gasteiger partial charge on any atom is 0.262 e. The molecule has 152 valence electrons. The van der Waals surface area contributed by atoms with Gasteiger partial charge in [0.05, 0.1) is 10.9 Å². The number of fused-ring (bicyclic) bond motifs is 1. The summed E-state index contributed by atoms with van der Waals surface area (Å²) in [5.41, 5.74) is -0.145. The number of hydrogen-bond donors (Lipinski definition) is 1. The van der Waals surface area contributed by atoms with Gasteiger partial charge in [-0.2, -0.15) is 0 Å². The van der Waals surface area contributed by atoms with E-state index >= 15 is 0 Å². The number of piperidine rings is 1. The summed E-state index contributed by atoms with van der Waals surface area (Å²) in [4.78, 5) is 55.7. The lowest BCUT2D eigenvalue weighted by Gasteiger charge is -2.38. The number of aromatic nitrogens is 2. The number of imide groups is 1. The molecule has 3 amide bonds. The van der Waals surface area contributed by atoms with Crippen molar-refractivity contribution in [1.29, 1.82) is 0 Å². The molecule has 0 spiro atoms. The lowest BCUT2D eigenvalue weighted by molar-refractivity contribution is -0.154. The number of carbonyl (C=O) groups is 3. The van der Waals surface area contributed by atoms with Gasteiger partial charge in [0.2, 0.25) is 11.8 Å². The molecule has 0 unspecified atom stereocenters. The molecule has 0 bridgehead atoms. The van der Waals surface area contributed by atoms with Crippen LogP contribution in [-0.2, 0) is 26.5 Å². The monoisotopic (exact) mass is 396 g/mol. The molecule has 2 aliphatic rings. The molecule has 2 aromatic rings. The predicted octanol–water partition coefficient (Wildman–Crippen LogP) is 1.23. The second-order valence-corrected chi connectivity index (χ2v) is 8.17. The first-order valence-electron chi connectivity index (χ1n) is 9.84. The summed E-state index contributed by atoms with van der Waals surface area (Å²) in [7, 11) is 1.44. The highest BCUT2D eigenvalue weighted by Gasteiger charge is 2.45. The first kappa shape index (κ1) is 19.3. The van der Waals surface area contributed by atoms with Gasteiger partial charge in [-0.3, -0.25) is 28.6 Å². The van der Waals surface area contributed by atoms with E-state index < -0.39 is 11.4 Å². The largest absolute Gasteiger partial charge is 0.352 e. The molecular formula is C21H24N4O4. The van der Waals surface area contributed by atoms with Gasteiger partial charge in [0.15, 0.2) is 0 Å². The molecule has 1 aromatic heterocycles. The van der Waals surface area contributed by atoms with Crippen LogP contribution in [0.4, 0.5) is 0 Å². The van der Waals surface area contributed by atoms with E-state index in [1.165, 1.54) is 11.6 Å². The van der Waals surface area contributed by atoms with Crippen LogP contribution in [0.3, 0.4) is 0 Å². The Morgan fingerprint density at radius 1 is 1.28 bits per heavy atom. The van der Waals surface area contributed by atoms with Gasteiger partial charge in [-0.25, -0.2) is 4.98 Å². The van der Waals surface area contributed by atoms with Crippen LogP contribution in [0.5, 0.6) is 0 Å². The summed E-state index contributed by atoms with van der Waals surface area (Å²) in [6.45, 7) is 3.71. The SMILES string of the molecule is Cc1nc2ccc(CNC(=O)C3CC3)cc2c(=O)n1[C@@]1(C)CCC(=O)N(C)C1=O. The number of rotatable bonds is 4. The van der Waals surface area contributed by atoms with E-state index in [9.17, 15) is 19.2 Å². The summed E-state index contributed by atoms with van der Waals surface area (Å²) >= 11 is 0. The standard InChI is InChI=1S/C21H24N4O4/c1-12-23-16-7-4-13(11-22-18(27)14-5-6-14)10-15(16)19(28)25(12)21(2)9-8-17(26)24(3)20(21)29/h4,7,10,14H,5-6,8-9,11H2,1-3H3,(H,22,27)/t21-/m0/s1. The third-order valence-corrected chi connectivity index (χ3v) is 5.97. The predicted molar refractivity (Wildman–Crippen MR) is 106 cm³/mol. The van der Waals surface area contributed by atoms with Crippen LogP contribution in [-0.4, -0.2) is 39.2 Å². The average molecular weight is 396 g/mol. The van der Waals surface area contributed by atoms with Crippen molar-refractivity contribution in [2.45, 2.75) is 51.6 Å². The van der Waals surface area contributed by atoms with Crippen LogP contribution in [0, 0.1) is 12.8 Å². The highest BCUT2D eigenvalue weighted by molar-refractivity contribution is 6.01. The Labute approximate surface area is 167 Å². The van der Waals surface area contributed by atoms with Crippen molar-refractivity contribution >= 4 is 28.6 Å². The van der Waals surface area contributed by atoms with Gasteiger partial charge in [-0.15, -0.1) is 0 Å². The van der Waals surface area contributed by atoms with Gasteiger partial charge in [0, 0.05) is 25.9 Å². The second kappa shape index (κ2) is 6.79. The maximum atomic E-state index is 13.4. The lowest BCUT2D eigenvalue weighted by atomic mass is 9.89. The van der Waals surface area contributed by atoms with Crippen molar-refractivity contribution in [2.24, 2.45) is 5.92 Å². The van der Waals surface area contributed by atoms with Crippen molar-refractivity contribution in [1.82, 2.24) is 19.8 Å². The Morgan fingerprint density at radius 2 is 2.00 bits per heavy atom. The van der Waals surface area contributed by atoms with Crippen molar-refractivity contribution < 1.29 is 14.4 Å². The number of nitrogens with zero attached hydrogens (tertiary/aromatic N) is 3. The molecule has 1 N–H and O–H groups in total. The number of aryl methyl sites for hydroxylation is 1. The van der Waals surface area contributed by atoms with Gasteiger partial charge in [0.25, 0.3) is 11.5 Å². The Hall–Kier alpha value is -3.03. The molecule has 4 rings (SSSR count). The van der Waals surface area contributed by atoms with Gasteiger partial charge in [0.1, 0.15) is 11.4 Å². The number of likely N-dealkylation sites (N-methyl/N-ethyl adjacent to an activating group) is 1. The summed E-state index contributed by atoms with van der Waals surface area (Å²) in [5.74, 6) is -0.0732. The first-order chi connectivity index (χ1) is 13.7. The van der Waals surface area contributed by atoms with E-state index in [0.29, 0.717) is 23.3 Å². The Bertz CT molecular complexity index is 1100. The fourth-order valence-electron chi connectivity index (χ4n) is 4.02. The zero-order valence-electron chi connectivity index (χ0n) is 16.8. The molecule has 1 aliphatic heterocycles. The second-order valence-electron chi connectivity index (χ2n) is 8.17. The molecule has 29 heavy (non-hydrogen) atoms. The summed E-state index contributed by atoms with van der Waals surface area (Å²) < 4.78 is 1.41. The minimum Gasteiger partial charge on any atom is -0.352 e. The smallest absolute Gasteiger partial charge is 0.262 e. The molecule has 8 nitrogen and oxygen atoms in total. The summed E-state index contributed by atoms with van der Waals surface area (Å²) in [6, 6.07) is 5.32. The van der Waals surface area contributed by atoms with Crippen molar-refractivity contribution in [3.05, 3.63) is 39.9 Å². The number of hydrogen-bond acceptors (Lipinski definition) is 5. The van der Waals surface area contributed by atoms with E-state index in [2.05, 4.69) is 10.3 Å². The molecule has 0 radical (unpaired) electrons. The molecule has 1 saturated carbocycles. The van der Waals surface area contributed by atoms with Gasteiger partial charge in [-0.1, -0.05) is 6.07 Å². The third kappa shape index (κ3) is 3.22. The molecular weight excluding hydrogens is 372 g/mol. The van der Waals surface area contributed by atoms with Crippen molar-refractivity contribution in [3.63, 3.8) is 0 Å². The van der Waals surface area contributed by atoms with E-state index in [-0.39, 0.29) is 36.1 Å². The fraction of sp³-hybridized carbons (Fsp3) is 0.476. The molecule has 1 atom stereocenters. The lowest BCUT2D eigenvalue weighted by Crippen LogP contribution is -2.57. The van der Waals surface area contributed by atoms with Crippen LogP contribution in [0.1, 0.15) is 44.0 Å². The minimum atomic E-state index is -1.17. The van der Waals surface area contributed by atoms with Gasteiger partial charge >= 0.3 is 0 Å². The molecule has 2 fully saturated rings. The van der Waals surface area contributed by atoms with Crippen molar-refractivity contribution in [2.75, 3.05) is 7.05 Å². The summed E-state index contributed by atoms with van der Waals surface area (Å²) in [5, 5.41) is 3.28. The van der Waals surface area contributed by atoms with Crippen LogP contribution >= 0.6 is 0 Å². The van der Waals surface area contributed by atoms with E-state index in [1.54, 1.807) is 26.0 Å². The maximum absolute atomic E-state index is 13.4. The normalized spacial score (nSPS) is 22.2. The Morgan fingerprint density at radius 3 is 2.69 bits per heavy atom. The Balaban J connectivity index is 1.74. The van der Waals surface area contributed by atoms with Crippen LogP contribution in [0.2, 0.25) is 0 Å². The fourth-order valence-corrected chi connectivity index (χ4v) is 4.02. The van der Waals surface area contributed by atoms with E-state index in [4.69, 9.17) is 0 Å². The molecule has 2 heterocycles. The van der Waals surface area contributed by atoms with Gasteiger partial charge in [-0.05, 0) is 50.8 Å². The summed E-state index contributed by atoms with van der Waals surface area (Å²) in [6.07, 6.45) is 2.30. The molecule has 8 heteroatoms. The number of benzene rings is 1. The van der Waals surface area contributed by atoms with E-state index in [1.807, 2.05) is 6.07 Å². The molecule has 1 aromatic carbocycles. The highest BCUT2D eigenvalue weighted by atomic mass is 16.2. The molecule has 1 saturated heterocycles. The third-order valence-electron chi connectivity index (χ3n) is 5.97. The van der Waals surface area contributed by atoms with Crippen LogP contribution < -0.4 is 10.9 Å². The zero-order valence-corrected chi connectivity index (χ0v) is 16.8. The first-order valence-corrected chi connectivity index (χ1v) is 9.84. The number of amides is 3. The average Bonchev–Trinajstić information content (AvgIpc) is 3.53. The number of likely N-dealkylation sites (tertiary alicyclic amines) is 1. The molecule has 1 aliphatic carbocycles. The van der Waals surface area contributed by atoms with Gasteiger partial charge < -0.3 is 5.32 Å². The highest BCUT2D eigenvalue weighted by Crippen LogP contribution is 2.30. The van der Waals surface area contributed by atoms with Crippen LogP contribution in [0.15, 0.2) is 23.0 Å².